The van der Waals surface area contributed by atoms with Crippen LogP contribution in [-0.4, -0.2) is 37.5 Å². The van der Waals surface area contributed by atoms with Crippen molar-refractivity contribution in [3.63, 3.8) is 0 Å². The Morgan fingerprint density at radius 2 is 1.82 bits per heavy atom. The Morgan fingerprint density at radius 1 is 1.23 bits per heavy atom. The van der Waals surface area contributed by atoms with E-state index in [0.717, 1.165) is 31.6 Å². The van der Waals surface area contributed by atoms with E-state index in [1.165, 1.54) is 4.90 Å². The van der Waals surface area contributed by atoms with Crippen LogP contribution in [0.5, 0.6) is 0 Å². The second-order valence-corrected chi connectivity index (χ2v) is 6.30. The molecule has 1 fully saturated rings. The van der Waals surface area contributed by atoms with Crippen LogP contribution in [0.15, 0.2) is 30.3 Å². The first kappa shape index (κ1) is 16.5. The van der Waals surface area contributed by atoms with E-state index in [0.29, 0.717) is 6.54 Å². The lowest BCUT2D eigenvalue weighted by atomic mass is 9.96. The Morgan fingerprint density at radius 3 is 2.32 bits per heavy atom. The number of hydrogen-bond donors (Lipinski definition) is 2. The summed E-state index contributed by atoms with van der Waals surface area (Å²) in [5, 5.41) is 0. The van der Waals surface area contributed by atoms with Gasteiger partial charge >= 0.3 is 0 Å². The van der Waals surface area contributed by atoms with E-state index in [2.05, 4.69) is 0 Å². The third kappa shape index (κ3) is 4.07. The second kappa shape index (κ2) is 7.40. The van der Waals surface area contributed by atoms with Crippen LogP contribution in [0.1, 0.15) is 26.7 Å². The van der Waals surface area contributed by atoms with Crippen molar-refractivity contribution < 1.29 is 14.5 Å². The normalized spacial score (nSPS) is 21.6. The van der Waals surface area contributed by atoms with Crippen LogP contribution in [-0.2, 0) is 9.59 Å². The summed E-state index contributed by atoms with van der Waals surface area (Å²) >= 11 is 0. The van der Waals surface area contributed by atoms with Crippen LogP contribution in [0.3, 0.4) is 0 Å². The van der Waals surface area contributed by atoms with Gasteiger partial charge in [0.15, 0.2) is 6.54 Å². The van der Waals surface area contributed by atoms with Crippen molar-refractivity contribution in [2.24, 2.45) is 11.7 Å². The number of nitrogens with zero attached hydrogens (tertiary/aromatic N) is 1. The largest absolute Gasteiger partial charge is 0.369 e. The van der Waals surface area contributed by atoms with Gasteiger partial charge in [0.05, 0.1) is 13.1 Å². The second-order valence-electron chi connectivity index (χ2n) is 6.30. The van der Waals surface area contributed by atoms with Crippen LogP contribution in [0.4, 0.5) is 5.69 Å². The highest BCUT2D eigenvalue weighted by Crippen LogP contribution is 2.16. The molecule has 0 aromatic heterocycles. The molecule has 1 aromatic carbocycles. The molecule has 1 aliphatic heterocycles. The van der Waals surface area contributed by atoms with E-state index in [4.69, 9.17) is 5.73 Å². The number of anilines is 1. The highest BCUT2D eigenvalue weighted by molar-refractivity contribution is 5.94. The predicted molar refractivity (Wildman–Crippen MR) is 86.5 cm³/mol. The van der Waals surface area contributed by atoms with Gasteiger partial charge in [-0.05, 0) is 26.0 Å². The summed E-state index contributed by atoms with van der Waals surface area (Å²) in [5.41, 5.74) is 6.29. The third-order valence-electron chi connectivity index (χ3n) is 4.32. The number of hydrogen-bond acceptors (Lipinski definition) is 2. The highest BCUT2D eigenvalue weighted by Gasteiger charge is 2.29. The Balaban J connectivity index is 1.97. The molecule has 5 nitrogen and oxygen atoms in total. The van der Waals surface area contributed by atoms with Crippen LogP contribution in [0, 0.1) is 5.92 Å². The van der Waals surface area contributed by atoms with E-state index in [1.54, 1.807) is 0 Å². The summed E-state index contributed by atoms with van der Waals surface area (Å²) in [7, 11) is 0. The first-order valence-electron chi connectivity index (χ1n) is 7.99. The molecule has 2 amide bonds. The average Bonchev–Trinajstić information content (AvgIpc) is 2.48. The van der Waals surface area contributed by atoms with Gasteiger partial charge in [-0.1, -0.05) is 18.2 Å². The molecule has 5 heteroatoms. The number of nitrogens with one attached hydrogen (secondary N) is 1. The van der Waals surface area contributed by atoms with Gasteiger partial charge < -0.3 is 15.5 Å². The molecule has 1 aliphatic rings. The summed E-state index contributed by atoms with van der Waals surface area (Å²) in [6, 6.07) is 9.90. The van der Waals surface area contributed by atoms with Gasteiger partial charge in [0, 0.05) is 30.5 Å². The summed E-state index contributed by atoms with van der Waals surface area (Å²) in [4.78, 5) is 27.0. The molecule has 0 bridgehead atoms. The molecule has 1 saturated heterocycles. The third-order valence-corrected chi connectivity index (χ3v) is 4.32. The van der Waals surface area contributed by atoms with E-state index in [9.17, 15) is 9.59 Å². The fourth-order valence-corrected chi connectivity index (χ4v) is 3.11. The van der Waals surface area contributed by atoms with Gasteiger partial charge in [0.1, 0.15) is 0 Å². The van der Waals surface area contributed by atoms with Crippen LogP contribution >= 0.6 is 0 Å². The predicted octanol–water partition coefficient (Wildman–Crippen LogP) is 0.208. The Labute approximate surface area is 132 Å². The summed E-state index contributed by atoms with van der Waals surface area (Å²) in [6.07, 6.45) is 1.57. The van der Waals surface area contributed by atoms with Gasteiger partial charge in [-0.15, -0.1) is 0 Å². The van der Waals surface area contributed by atoms with Crippen molar-refractivity contribution in [1.29, 1.82) is 0 Å². The number of rotatable bonds is 5. The van der Waals surface area contributed by atoms with Gasteiger partial charge in [0.2, 0.25) is 5.91 Å². The molecule has 1 aromatic rings. The molecular formula is C17H26N3O2+. The molecule has 2 rings (SSSR count). The lowest BCUT2D eigenvalue weighted by Crippen LogP contribution is -3.14. The zero-order valence-electron chi connectivity index (χ0n) is 13.4. The topological polar surface area (TPSA) is 67.8 Å². The minimum absolute atomic E-state index is 0.0193. The number of quaternary nitrogens is 1. The Bertz CT molecular complexity index is 508. The summed E-state index contributed by atoms with van der Waals surface area (Å²) in [6.45, 7) is 6.19. The molecular weight excluding hydrogens is 278 g/mol. The lowest BCUT2D eigenvalue weighted by Gasteiger charge is -2.31. The van der Waals surface area contributed by atoms with Crippen molar-refractivity contribution in [1.82, 2.24) is 0 Å². The number of primary amides is 1. The Kier molecular flexibility index (Phi) is 5.55. The minimum atomic E-state index is -0.210. The van der Waals surface area contributed by atoms with E-state index in [-0.39, 0.29) is 23.8 Å². The maximum Gasteiger partial charge on any atom is 0.282 e. The average molecular weight is 304 g/mol. The quantitative estimate of drug-likeness (QED) is 0.816. The van der Waals surface area contributed by atoms with Crippen molar-refractivity contribution >= 4 is 17.5 Å². The molecule has 0 saturated carbocycles. The maximum absolute atomic E-state index is 12.7. The number of likely N-dealkylation sites (tertiary alicyclic amines) is 1. The zero-order chi connectivity index (χ0) is 16.1. The number of para-hydroxylation sites is 1. The first-order valence-corrected chi connectivity index (χ1v) is 7.99. The molecule has 0 aliphatic carbocycles. The maximum atomic E-state index is 12.7. The fraction of sp³-hybridized carbons (Fsp3) is 0.529. The monoisotopic (exact) mass is 304 g/mol. The van der Waals surface area contributed by atoms with Crippen molar-refractivity contribution in [3.8, 4) is 0 Å². The van der Waals surface area contributed by atoms with Gasteiger partial charge in [-0.3, -0.25) is 9.59 Å². The number of carbonyl (C=O) groups excluding carboxylic acids is 2. The van der Waals surface area contributed by atoms with E-state index < -0.39 is 0 Å². The zero-order valence-corrected chi connectivity index (χ0v) is 13.4. The van der Waals surface area contributed by atoms with Gasteiger partial charge in [0.25, 0.3) is 5.91 Å². The van der Waals surface area contributed by atoms with Gasteiger partial charge in [-0.2, -0.15) is 0 Å². The van der Waals surface area contributed by atoms with Crippen LogP contribution in [0.2, 0.25) is 0 Å². The first-order chi connectivity index (χ1) is 10.5. The number of benzene rings is 1. The van der Waals surface area contributed by atoms with Crippen molar-refractivity contribution in [2.75, 3.05) is 24.5 Å². The molecule has 1 heterocycles. The SMILES string of the molecule is CC(C)N(C(=O)C[NH+]1CCC(C(N)=O)CC1)c1ccccc1. The fourth-order valence-electron chi connectivity index (χ4n) is 3.11. The summed E-state index contributed by atoms with van der Waals surface area (Å²) in [5.74, 6) is -0.0960. The lowest BCUT2D eigenvalue weighted by molar-refractivity contribution is -0.897. The molecule has 3 N–H and O–H groups in total. The van der Waals surface area contributed by atoms with E-state index >= 15 is 0 Å². The van der Waals surface area contributed by atoms with Crippen molar-refractivity contribution in [2.45, 2.75) is 32.7 Å². The number of piperidine rings is 1. The highest BCUT2D eigenvalue weighted by atomic mass is 16.2. The van der Waals surface area contributed by atoms with Crippen LogP contribution < -0.4 is 15.5 Å². The standard InChI is InChI=1S/C17H25N3O2/c1-13(2)20(15-6-4-3-5-7-15)16(21)12-19-10-8-14(9-11-19)17(18)22/h3-7,13-14H,8-12H2,1-2H3,(H2,18,22)/p+1. The molecule has 0 spiro atoms. The van der Waals surface area contributed by atoms with Crippen molar-refractivity contribution in [3.05, 3.63) is 30.3 Å². The number of amides is 2. The number of carbonyl (C=O) groups is 2. The van der Waals surface area contributed by atoms with E-state index in [1.807, 2.05) is 49.1 Å². The smallest absolute Gasteiger partial charge is 0.282 e. The summed E-state index contributed by atoms with van der Waals surface area (Å²) < 4.78 is 0. The molecule has 120 valence electrons. The minimum Gasteiger partial charge on any atom is -0.369 e. The Hall–Kier alpha value is -1.88. The van der Waals surface area contributed by atoms with Crippen LogP contribution in [0.25, 0.3) is 0 Å². The molecule has 22 heavy (non-hydrogen) atoms. The number of nitrogens with two attached hydrogens (primary N) is 1. The molecule has 0 unspecified atom stereocenters. The molecule has 0 radical (unpaired) electrons. The molecule has 0 atom stereocenters. The van der Waals surface area contributed by atoms with Gasteiger partial charge in [-0.25, -0.2) is 0 Å².